The van der Waals surface area contributed by atoms with Crippen molar-refractivity contribution in [3.8, 4) is 23.3 Å². The van der Waals surface area contributed by atoms with Crippen LogP contribution in [0.5, 0.6) is 17.2 Å². The Labute approximate surface area is 213 Å². The number of nitrogens with zero attached hydrogens (tertiary/aromatic N) is 1. The van der Waals surface area contributed by atoms with Gasteiger partial charge in [0.2, 0.25) is 0 Å². The number of amides is 2. The van der Waals surface area contributed by atoms with Crippen LogP contribution in [-0.4, -0.2) is 30.1 Å². The summed E-state index contributed by atoms with van der Waals surface area (Å²) in [6.07, 6.45) is 1.36. The number of carbonyl (C=O) groups is 2. The zero-order valence-electron chi connectivity index (χ0n) is 19.7. The molecule has 2 amide bonds. The van der Waals surface area contributed by atoms with Gasteiger partial charge in [-0.25, -0.2) is 0 Å². The largest absolute Gasteiger partial charge is 0.508 e. The summed E-state index contributed by atoms with van der Waals surface area (Å²) in [5, 5.41) is 24.4. The van der Waals surface area contributed by atoms with Crippen molar-refractivity contribution in [1.29, 1.82) is 5.26 Å². The molecule has 0 heterocycles. The highest BCUT2D eigenvalue weighted by atomic mass is 35.5. The minimum absolute atomic E-state index is 0.0529. The molecule has 0 aliphatic carbocycles. The minimum Gasteiger partial charge on any atom is -0.508 e. The lowest BCUT2D eigenvalue weighted by atomic mass is 10.1. The lowest BCUT2D eigenvalue weighted by molar-refractivity contribution is -0.118. The number of aryl methyl sites for hydroxylation is 1. The Balaban J connectivity index is 1.77. The lowest BCUT2D eigenvalue weighted by Gasteiger charge is -2.15. The molecule has 0 bridgehead atoms. The number of benzene rings is 3. The zero-order valence-corrected chi connectivity index (χ0v) is 20.4. The number of rotatable bonds is 9. The number of anilines is 2. The molecule has 184 valence electrons. The molecular formula is C27H24ClN3O5. The van der Waals surface area contributed by atoms with Crippen LogP contribution in [0.1, 0.15) is 18.1 Å². The standard InChI is InChI=1S/C27H24ClN3O5/c1-3-35-24-14-18(12-19(15-29)27(34)30-20-8-10-21(32)11-9-20)13-22(28)26(24)36-16-25(33)31-23-7-5-4-6-17(23)2/h4-14,32H,3,16H2,1-2H3,(H,30,34)(H,31,33)/b19-12+. The number of para-hydroxylation sites is 1. The number of phenols is 1. The monoisotopic (exact) mass is 505 g/mol. The van der Waals surface area contributed by atoms with Crippen LogP contribution in [0.25, 0.3) is 6.08 Å². The first-order chi connectivity index (χ1) is 17.3. The number of halogens is 1. The van der Waals surface area contributed by atoms with Crippen LogP contribution in [0, 0.1) is 18.3 Å². The molecule has 0 saturated heterocycles. The van der Waals surface area contributed by atoms with E-state index >= 15 is 0 Å². The molecule has 0 spiro atoms. The summed E-state index contributed by atoms with van der Waals surface area (Å²) < 4.78 is 11.3. The van der Waals surface area contributed by atoms with Gasteiger partial charge < -0.3 is 25.2 Å². The molecule has 0 atom stereocenters. The molecule has 0 aliphatic heterocycles. The van der Waals surface area contributed by atoms with Crippen molar-refractivity contribution in [2.24, 2.45) is 0 Å². The lowest BCUT2D eigenvalue weighted by Crippen LogP contribution is -2.21. The van der Waals surface area contributed by atoms with Gasteiger partial charge in [-0.2, -0.15) is 5.26 Å². The fourth-order valence-corrected chi connectivity index (χ4v) is 3.44. The van der Waals surface area contributed by atoms with Gasteiger partial charge in [-0.15, -0.1) is 0 Å². The van der Waals surface area contributed by atoms with E-state index in [1.54, 1.807) is 19.1 Å². The van der Waals surface area contributed by atoms with Crippen molar-refractivity contribution < 1.29 is 24.2 Å². The molecule has 0 aromatic heterocycles. The Morgan fingerprint density at radius 3 is 2.47 bits per heavy atom. The highest BCUT2D eigenvalue weighted by molar-refractivity contribution is 6.32. The first-order valence-corrected chi connectivity index (χ1v) is 11.3. The summed E-state index contributed by atoms with van der Waals surface area (Å²) in [6, 6.07) is 18.1. The molecule has 0 unspecified atom stereocenters. The maximum Gasteiger partial charge on any atom is 0.266 e. The summed E-state index contributed by atoms with van der Waals surface area (Å²) in [4.78, 5) is 24.9. The maximum atomic E-state index is 12.5. The maximum absolute atomic E-state index is 12.5. The van der Waals surface area contributed by atoms with Gasteiger partial charge in [-0.05, 0) is 73.5 Å². The second-order valence-corrected chi connectivity index (χ2v) is 7.99. The summed E-state index contributed by atoms with van der Waals surface area (Å²) >= 11 is 6.42. The molecule has 0 radical (unpaired) electrons. The minimum atomic E-state index is -0.634. The van der Waals surface area contributed by atoms with Crippen molar-refractivity contribution in [3.63, 3.8) is 0 Å². The van der Waals surface area contributed by atoms with Gasteiger partial charge in [0.1, 0.15) is 17.4 Å². The van der Waals surface area contributed by atoms with E-state index in [1.165, 1.54) is 36.4 Å². The number of nitriles is 1. The van der Waals surface area contributed by atoms with E-state index in [2.05, 4.69) is 10.6 Å². The molecule has 3 aromatic rings. The predicted octanol–water partition coefficient (Wildman–Crippen LogP) is 5.32. The topological polar surface area (TPSA) is 121 Å². The molecule has 3 N–H and O–H groups in total. The van der Waals surface area contributed by atoms with Crippen molar-refractivity contribution in [3.05, 3.63) is 82.4 Å². The van der Waals surface area contributed by atoms with Crippen LogP contribution in [0.4, 0.5) is 11.4 Å². The normalized spacial score (nSPS) is 10.8. The Morgan fingerprint density at radius 2 is 1.81 bits per heavy atom. The second kappa shape index (κ2) is 12.3. The number of nitrogens with one attached hydrogen (secondary N) is 2. The smallest absolute Gasteiger partial charge is 0.266 e. The van der Waals surface area contributed by atoms with Crippen molar-refractivity contribution in [2.75, 3.05) is 23.8 Å². The predicted molar refractivity (Wildman–Crippen MR) is 138 cm³/mol. The van der Waals surface area contributed by atoms with E-state index in [-0.39, 0.29) is 40.4 Å². The Hall–Kier alpha value is -4.48. The highest BCUT2D eigenvalue weighted by Crippen LogP contribution is 2.37. The van der Waals surface area contributed by atoms with Crippen molar-refractivity contribution in [2.45, 2.75) is 13.8 Å². The third-order valence-corrected chi connectivity index (χ3v) is 5.18. The molecule has 3 rings (SSSR count). The Morgan fingerprint density at radius 1 is 1.08 bits per heavy atom. The quantitative estimate of drug-likeness (QED) is 0.206. The van der Waals surface area contributed by atoms with Gasteiger partial charge in [0, 0.05) is 11.4 Å². The number of aromatic hydroxyl groups is 1. The number of ether oxygens (including phenoxy) is 2. The van der Waals surface area contributed by atoms with Crippen molar-refractivity contribution in [1.82, 2.24) is 0 Å². The van der Waals surface area contributed by atoms with Crippen LogP contribution >= 0.6 is 11.6 Å². The van der Waals surface area contributed by atoms with E-state index < -0.39 is 5.91 Å². The van der Waals surface area contributed by atoms with Crippen LogP contribution < -0.4 is 20.1 Å². The molecule has 36 heavy (non-hydrogen) atoms. The SMILES string of the molecule is CCOc1cc(/C=C(\C#N)C(=O)Nc2ccc(O)cc2)cc(Cl)c1OCC(=O)Nc1ccccc1C. The number of hydrogen-bond donors (Lipinski definition) is 3. The molecule has 3 aromatic carbocycles. The van der Waals surface area contributed by atoms with E-state index in [1.807, 2.05) is 31.2 Å². The number of carbonyl (C=O) groups excluding carboxylic acids is 2. The fourth-order valence-electron chi connectivity index (χ4n) is 3.17. The molecule has 0 fully saturated rings. The average molecular weight is 506 g/mol. The number of phenolic OH excluding ortho intramolecular Hbond substituents is 1. The van der Waals surface area contributed by atoms with Crippen LogP contribution in [0.3, 0.4) is 0 Å². The first-order valence-electron chi connectivity index (χ1n) is 11.0. The highest BCUT2D eigenvalue weighted by Gasteiger charge is 2.16. The zero-order chi connectivity index (χ0) is 26.1. The van der Waals surface area contributed by atoms with Gasteiger partial charge in [0.15, 0.2) is 18.1 Å². The third-order valence-electron chi connectivity index (χ3n) is 4.90. The van der Waals surface area contributed by atoms with Crippen LogP contribution in [0.15, 0.2) is 66.2 Å². The summed E-state index contributed by atoms with van der Waals surface area (Å²) in [5.74, 6) is -0.522. The van der Waals surface area contributed by atoms with Crippen LogP contribution in [0.2, 0.25) is 5.02 Å². The Kier molecular flexibility index (Phi) is 8.92. The van der Waals surface area contributed by atoms with Gasteiger partial charge in [0.05, 0.1) is 11.6 Å². The molecular weight excluding hydrogens is 482 g/mol. The van der Waals surface area contributed by atoms with E-state index in [0.717, 1.165) is 5.56 Å². The van der Waals surface area contributed by atoms with Gasteiger partial charge in [-0.1, -0.05) is 29.8 Å². The number of hydrogen-bond acceptors (Lipinski definition) is 6. The van der Waals surface area contributed by atoms with E-state index in [9.17, 15) is 20.0 Å². The summed E-state index contributed by atoms with van der Waals surface area (Å²) in [6.45, 7) is 3.65. The molecule has 0 saturated carbocycles. The molecule has 8 nitrogen and oxygen atoms in total. The second-order valence-electron chi connectivity index (χ2n) is 7.59. The fraction of sp³-hybridized carbons (Fsp3) is 0.148. The average Bonchev–Trinajstić information content (AvgIpc) is 2.85. The molecule has 0 aliphatic rings. The van der Waals surface area contributed by atoms with Gasteiger partial charge in [0.25, 0.3) is 11.8 Å². The van der Waals surface area contributed by atoms with Crippen molar-refractivity contribution >= 4 is 40.9 Å². The summed E-state index contributed by atoms with van der Waals surface area (Å²) in [7, 11) is 0. The van der Waals surface area contributed by atoms with Gasteiger partial charge in [-0.3, -0.25) is 9.59 Å². The molecule has 9 heteroatoms. The first kappa shape index (κ1) is 26.1. The van der Waals surface area contributed by atoms with Gasteiger partial charge >= 0.3 is 0 Å². The third kappa shape index (κ3) is 7.01. The van der Waals surface area contributed by atoms with E-state index in [0.29, 0.717) is 23.5 Å². The Bertz CT molecular complexity index is 1330. The van der Waals surface area contributed by atoms with E-state index in [4.69, 9.17) is 21.1 Å². The summed E-state index contributed by atoms with van der Waals surface area (Å²) in [5.41, 5.74) is 2.26. The van der Waals surface area contributed by atoms with Crippen LogP contribution in [-0.2, 0) is 9.59 Å².